The number of anilines is 1. The van der Waals surface area contributed by atoms with Crippen molar-refractivity contribution in [3.8, 4) is 6.07 Å². The van der Waals surface area contributed by atoms with E-state index in [1.165, 1.54) is 12.8 Å². The van der Waals surface area contributed by atoms with E-state index in [0.29, 0.717) is 11.7 Å². The van der Waals surface area contributed by atoms with Crippen LogP contribution in [0.5, 0.6) is 0 Å². The number of ether oxygens (including phenoxy) is 1. The molecule has 0 radical (unpaired) electrons. The lowest BCUT2D eigenvalue weighted by Crippen LogP contribution is -2.52. The van der Waals surface area contributed by atoms with Crippen molar-refractivity contribution in [2.45, 2.75) is 32.2 Å². The normalized spacial score (nSPS) is 19.1. The van der Waals surface area contributed by atoms with Crippen molar-refractivity contribution in [3.63, 3.8) is 0 Å². The number of methoxy groups -OCH3 is 1. The van der Waals surface area contributed by atoms with Gasteiger partial charge in [-0.05, 0) is 32.7 Å². The number of hydrogen-bond acceptors (Lipinski definition) is 6. The molecule has 0 bridgehead atoms. The quantitative estimate of drug-likeness (QED) is 0.714. The van der Waals surface area contributed by atoms with E-state index in [1.54, 1.807) is 19.5 Å². The van der Waals surface area contributed by atoms with E-state index in [0.717, 1.165) is 45.0 Å². The van der Waals surface area contributed by atoms with Crippen LogP contribution in [0.2, 0.25) is 0 Å². The molecule has 1 fully saturated rings. The van der Waals surface area contributed by atoms with Crippen LogP contribution in [-0.4, -0.2) is 60.8 Å². The zero-order chi connectivity index (χ0) is 15.8. The van der Waals surface area contributed by atoms with E-state index >= 15 is 0 Å². The summed E-state index contributed by atoms with van der Waals surface area (Å²) in [5, 5.41) is 9.15. The maximum absolute atomic E-state index is 9.15. The Morgan fingerprint density at radius 2 is 2.09 bits per heavy atom. The van der Waals surface area contributed by atoms with E-state index in [1.807, 2.05) is 0 Å². The van der Waals surface area contributed by atoms with Crippen molar-refractivity contribution in [1.29, 1.82) is 5.26 Å². The van der Waals surface area contributed by atoms with Crippen LogP contribution in [0.1, 0.15) is 31.9 Å². The van der Waals surface area contributed by atoms with Gasteiger partial charge in [-0.15, -0.1) is 0 Å². The maximum Gasteiger partial charge on any atom is 0.183 e. The van der Waals surface area contributed by atoms with Crippen LogP contribution in [0.4, 0.5) is 5.82 Å². The summed E-state index contributed by atoms with van der Waals surface area (Å²) in [6.45, 7) is 7.02. The first-order valence-corrected chi connectivity index (χ1v) is 7.95. The molecule has 0 aliphatic carbocycles. The van der Waals surface area contributed by atoms with E-state index in [-0.39, 0.29) is 0 Å². The lowest BCUT2D eigenvalue weighted by Gasteiger charge is -2.40. The Kier molecular flexibility index (Phi) is 6.56. The molecule has 22 heavy (non-hydrogen) atoms. The van der Waals surface area contributed by atoms with Crippen LogP contribution >= 0.6 is 0 Å². The Labute approximate surface area is 132 Å². The van der Waals surface area contributed by atoms with Crippen molar-refractivity contribution in [1.82, 2.24) is 14.9 Å². The molecular formula is C16H25N5O. The molecule has 1 atom stereocenters. The first-order chi connectivity index (χ1) is 10.8. The van der Waals surface area contributed by atoms with Gasteiger partial charge in [-0.3, -0.25) is 4.90 Å². The second-order valence-corrected chi connectivity index (χ2v) is 5.72. The highest BCUT2D eigenvalue weighted by Crippen LogP contribution is 2.19. The molecule has 1 aromatic heterocycles. The maximum atomic E-state index is 9.15. The predicted octanol–water partition coefficient (Wildman–Crippen LogP) is 1.68. The van der Waals surface area contributed by atoms with Gasteiger partial charge in [0.25, 0.3) is 0 Å². The molecule has 0 amide bonds. The summed E-state index contributed by atoms with van der Waals surface area (Å²) in [6.07, 6.45) is 6.78. The minimum atomic E-state index is 0.419. The van der Waals surface area contributed by atoms with Crippen molar-refractivity contribution in [2.24, 2.45) is 0 Å². The van der Waals surface area contributed by atoms with Crippen LogP contribution < -0.4 is 4.90 Å². The number of rotatable bonds is 7. The fourth-order valence-electron chi connectivity index (χ4n) is 2.90. The zero-order valence-corrected chi connectivity index (χ0v) is 13.5. The monoisotopic (exact) mass is 303 g/mol. The lowest BCUT2D eigenvalue weighted by atomic mass is 10.1. The van der Waals surface area contributed by atoms with Crippen LogP contribution in [0.15, 0.2) is 12.4 Å². The molecule has 6 heteroatoms. The molecule has 2 rings (SSSR count). The number of nitrogens with zero attached hydrogens (tertiary/aromatic N) is 5. The Morgan fingerprint density at radius 3 is 2.82 bits per heavy atom. The van der Waals surface area contributed by atoms with Crippen molar-refractivity contribution in [3.05, 3.63) is 18.1 Å². The molecule has 1 aliphatic rings. The molecule has 1 unspecified atom stereocenters. The van der Waals surface area contributed by atoms with E-state index in [9.17, 15) is 0 Å². The largest absolute Gasteiger partial charge is 0.385 e. The molecule has 1 aliphatic heterocycles. The second-order valence-electron chi connectivity index (χ2n) is 5.72. The molecule has 0 saturated carbocycles. The molecule has 6 nitrogen and oxygen atoms in total. The Hall–Kier alpha value is -1.71. The van der Waals surface area contributed by atoms with Gasteiger partial charge in [0.15, 0.2) is 11.5 Å². The highest BCUT2D eigenvalue weighted by atomic mass is 16.5. The minimum absolute atomic E-state index is 0.419. The van der Waals surface area contributed by atoms with Crippen molar-refractivity contribution < 1.29 is 4.74 Å². The number of aromatic nitrogens is 2. The molecule has 1 saturated heterocycles. The molecule has 2 heterocycles. The molecule has 120 valence electrons. The van der Waals surface area contributed by atoms with Crippen LogP contribution in [0.3, 0.4) is 0 Å². The van der Waals surface area contributed by atoms with E-state index < -0.39 is 0 Å². The fraction of sp³-hybridized carbons (Fsp3) is 0.688. The third kappa shape index (κ3) is 4.39. The number of unbranched alkanes of at least 4 members (excludes halogenated alkanes) is 2. The van der Waals surface area contributed by atoms with Crippen LogP contribution in [0, 0.1) is 11.3 Å². The van der Waals surface area contributed by atoms with Gasteiger partial charge in [0.05, 0.1) is 0 Å². The molecule has 0 spiro atoms. The standard InChI is InChI=1S/C16H25N5O/c1-14-13-21(16-15(12-17)18-6-7-19-16)10-9-20(14)8-4-3-5-11-22-2/h6-7,14H,3-5,8-11,13H2,1-2H3. The van der Waals surface area contributed by atoms with Gasteiger partial charge in [0.2, 0.25) is 0 Å². The summed E-state index contributed by atoms with van der Waals surface area (Å²) in [6, 6.07) is 2.59. The van der Waals surface area contributed by atoms with Gasteiger partial charge < -0.3 is 9.64 Å². The summed E-state index contributed by atoms with van der Waals surface area (Å²) < 4.78 is 5.08. The van der Waals surface area contributed by atoms with Crippen molar-refractivity contribution >= 4 is 5.82 Å². The third-order valence-corrected chi connectivity index (χ3v) is 4.14. The summed E-state index contributed by atoms with van der Waals surface area (Å²) in [7, 11) is 1.75. The summed E-state index contributed by atoms with van der Waals surface area (Å²) in [4.78, 5) is 13.1. The average Bonchev–Trinajstić information content (AvgIpc) is 2.56. The first-order valence-electron chi connectivity index (χ1n) is 7.95. The van der Waals surface area contributed by atoms with Crippen molar-refractivity contribution in [2.75, 3.05) is 44.8 Å². The third-order valence-electron chi connectivity index (χ3n) is 4.14. The Bertz CT molecular complexity index is 502. The highest BCUT2D eigenvalue weighted by molar-refractivity contribution is 5.49. The number of hydrogen-bond donors (Lipinski definition) is 0. The SMILES string of the molecule is COCCCCCN1CCN(c2nccnc2C#N)CC1C. The molecule has 0 N–H and O–H groups in total. The summed E-state index contributed by atoms with van der Waals surface area (Å²) >= 11 is 0. The minimum Gasteiger partial charge on any atom is -0.385 e. The van der Waals surface area contributed by atoms with Gasteiger partial charge >= 0.3 is 0 Å². The highest BCUT2D eigenvalue weighted by Gasteiger charge is 2.25. The van der Waals surface area contributed by atoms with Gasteiger partial charge in [-0.25, -0.2) is 9.97 Å². The van der Waals surface area contributed by atoms with E-state index in [4.69, 9.17) is 10.00 Å². The number of piperazine rings is 1. The van der Waals surface area contributed by atoms with Gasteiger partial charge in [-0.1, -0.05) is 0 Å². The van der Waals surface area contributed by atoms with Gasteiger partial charge in [0.1, 0.15) is 6.07 Å². The molecule has 0 aromatic carbocycles. The smallest absolute Gasteiger partial charge is 0.183 e. The number of nitriles is 1. The topological polar surface area (TPSA) is 65.3 Å². The Balaban J connectivity index is 1.83. The molecule has 1 aromatic rings. The Morgan fingerprint density at radius 1 is 1.27 bits per heavy atom. The first kappa shape index (κ1) is 16.7. The van der Waals surface area contributed by atoms with Crippen LogP contribution in [0.25, 0.3) is 0 Å². The lowest BCUT2D eigenvalue weighted by molar-refractivity contribution is 0.173. The van der Waals surface area contributed by atoms with Crippen LogP contribution in [-0.2, 0) is 4.74 Å². The van der Waals surface area contributed by atoms with Gasteiger partial charge in [0, 0.05) is 51.8 Å². The van der Waals surface area contributed by atoms with E-state index in [2.05, 4.69) is 32.8 Å². The molecular weight excluding hydrogens is 278 g/mol. The zero-order valence-electron chi connectivity index (χ0n) is 13.5. The summed E-state index contributed by atoms with van der Waals surface area (Å²) in [5.74, 6) is 0.719. The summed E-state index contributed by atoms with van der Waals surface area (Å²) in [5.41, 5.74) is 0.419. The van der Waals surface area contributed by atoms with Gasteiger partial charge in [-0.2, -0.15) is 5.26 Å². The second kappa shape index (κ2) is 8.66. The average molecular weight is 303 g/mol. The predicted molar refractivity (Wildman–Crippen MR) is 85.7 cm³/mol. The fourth-order valence-corrected chi connectivity index (χ4v) is 2.90.